The second-order valence-electron chi connectivity index (χ2n) is 4.02. The number of rotatable bonds is 8. The topological polar surface area (TPSA) is 61.6 Å². The lowest BCUT2D eigenvalue weighted by Gasteiger charge is -2.09. The Balaban J connectivity index is 3.34. The summed E-state index contributed by atoms with van der Waals surface area (Å²) < 4.78 is 10.2. The molecule has 0 aromatic carbocycles. The maximum Gasteiger partial charge on any atom is 0.305 e. The summed E-state index contributed by atoms with van der Waals surface area (Å²) in [5.74, 6) is 0.215. The van der Waals surface area contributed by atoms with Crippen molar-refractivity contribution in [3.05, 3.63) is 0 Å². The zero-order valence-corrected chi connectivity index (χ0v) is 9.99. The molecule has 4 heteroatoms. The van der Waals surface area contributed by atoms with Crippen LogP contribution in [0, 0.1) is 5.92 Å². The second-order valence-corrected chi connectivity index (χ2v) is 4.02. The third-order valence-electron chi connectivity index (χ3n) is 2.04. The van der Waals surface area contributed by atoms with Crippen molar-refractivity contribution >= 4 is 5.97 Å². The molecule has 0 radical (unpaired) electrons. The molecule has 2 N–H and O–H groups in total. The van der Waals surface area contributed by atoms with Crippen molar-refractivity contribution in [3.63, 3.8) is 0 Å². The van der Waals surface area contributed by atoms with Gasteiger partial charge in [0.05, 0.1) is 12.7 Å². The van der Waals surface area contributed by atoms with Gasteiger partial charge in [0, 0.05) is 6.42 Å². The van der Waals surface area contributed by atoms with Crippen LogP contribution in [0.1, 0.15) is 33.6 Å². The molecule has 0 saturated carbocycles. The fraction of sp³-hybridized carbons (Fsp3) is 0.909. The molecule has 0 aliphatic rings. The van der Waals surface area contributed by atoms with Crippen LogP contribution in [0.15, 0.2) is 0 Å². The van der Waals surface area contributed by atoms with E-state index in [2.05, 4.69) is 0 Å². The van der Waals surface area contributed by atoms with Gasteiger partial charge in [0.2, 0.25) is 0 Å². The van der Waals surface area contributed by atoms with Gasteiger partial charge in [0.15, 0.2) is 0 Å². The molecule has 1 unspecified atom stereocenters. The van der Waals surface area contributed by atoms with E-state index in [0.29, 0.717) is 32.1 Å². The van der Waals surface area contributed by atoms with E-state index in [9.17, 15) is 4.79 Å². The molecule has 0 rings (SSSR count). The van der Waals surface area contributed by atoms with E-state index in [4.69, 9.17) is 15.2 Å². The van der Waals surface area contributed by atoms with Crippen LogP contribution in [0.3, 0.4) is 0 Å². The first kappa shape index (κ1) is 14.4. The summed E-state index contributed by atoms with van der Waals surface area (Å²) in [7, 11) is 0. The maximum absolute atomic E-state index is 11.2. The molecule has 0 bridgehead atoms. The van der Waals surface area contributed by atoms with Crippen molar-refractivity contribution in [2.75, 3.05) is 19.8 Å². The molecular formula is C11H23NO3. The zero-order valence-electron chi connectivity index (χ0n) is 9.99. The molecule has 4 nitrogen and oxygen atoms in total. The second kappa shape index (κ2) is 8.68. The van der Waals surface area contributed by atoms with Crippen molar-refractivity contribution in [3.8, 4) is 0 Å². The van der Waals surface area contributed by atoms with Gasteiger partial charge in [-0.1, -0.05) is 6.92 Å². The first-order valence-electron chi connectivity index (χ1n) is 5.53. The van der Waals surface area contributed by atoms with Gasteiger partial charge in [0.1, 0.15) is 6.61 Å². The van der Waals surface area contributed by atoms with Crippen LogP contribution in [0.5, 0.6) is 0 Å². The van der Waals surface area contributed by atoms with E-state index < -0.39 is 0 Å². The summed E-state index contributed by atoms with van der Waals surface area (Å²) >= 11 is 0. The number of esters is 1. The molecule has 0 aliphatic heterocycles. The Bertz CT molecular complexity index is 171. The smallest absolute Gasteiger partial charge is 0.305 e. The Labute approximate surface area is 92.1 Å². The van der Waals surface area contributed by atoms with E-state index in [1.54, 1.807) is 0 Å². The van der Waals surface area contributed by atoms with Crippen LogP contribution in [-0.2, 0) is 14.3 Å². The standard InChI is InChI=1S/C11H23NO3/c1-9(2)14-6-7-15-11(13)5-4-10(3)8-12/h9-10H,4-8,12H2,1-3H3. The molecule has 0 aliphatic carbocycles. The molecule has 0 heterocycles. The van der Waals surface area contributed by atoms with E-state index in [1.165, 1.54) is 0 Å². The molecule has 0 amide bonds. The summed E-state index contributed by atoms with van der Waals surface area (Å²) in [5, 5.41) is 0. The number of hydrogen-bond donors (Lipinski definition) is 1. The lowest BCUT2D eigenvalue weighted by atomic mass is 10.1. The predicted octanol–water partition coefficient (Wildman–Crippen LogP) is 1.33. The van der Waals surface area contributed by atoms with Gasteiger partial charge in [-0.15, -0.1) is 0 Å². The van der Waals surface area contributed by atoms with Crippen molar-refractivity contribution < 1.29 is 14.3 Å². The third kappa shape index (κ3) is 9.69. The average molecular weight is 217 g/mol. The average Bonchev–Trinajstić information content (AvgIpc) is 2.20. The SMILES string of the molecule is CC(CN)CCC(=O)OCCOC(C)C. The summed E-state index contributed by atoms with van der Waals surface area (Å²) in [6, 6.07) is 0. The van der Waals surface area contributed by atoms with Gasteiger partial charge in [-0.2, -0.15) is 0 Å². The fourth-order valence-corrected chi connectivity index (χ4v) is 0.994. The highest BCUT2D eigenvalue weighted by atomic mass is 16.6. The van der Waals surface area contributed by atoms with Gasteiger partial charge < -0.3 is 15.2 Å². The Morgan fingerprint density at radius 1 is 1.27 bits per heavy atom. The van der Waals surface area contributed by atoms with Gasteiger partial charge in [-0.05, 0) is 32.7 Å². The predicted molar refractivity (Wildman–Crippen MR) is 59.5 cm³/mol. The van der Waals surface area contributed by atoms with E-state index >= 15 is 0 Å². The Morgan fingerprint density at radius 3 is 2.47 bits per heavy atom. The minimum absolute atomic E-state index is 0.164. The summed E-state index contributed by atoms with van der Waals surface area (Å²) in [4.78, 5) is 11.2. The lowest BCUT2D eigenvalue weighted by molar-refractivity contribution is -0.146. The largest absolute Gasteiger partial charge is 0.463 e. The van der Waals surface area contributed by atoms with Gasteiger partial charge in [-0.3, -0.25) is 4.79 Å². The zero-order chi connectivity index (χ0) is 11.7. The Morgan fingerprint density at radius 2 is 1.93 bits per heavy atom. The number of nitrogens with two attached hydrogens (primary N) is 1. The Hall–Kier alpha value is -0.610. The molecular weight excluding hydrogens is 194 g/mol. The fourth-order valence-electron chi connectivity index (χ4n) is 0.994. The van der Waals surface area contributed by atoms with Crippen LogP contribution >= 0.6 is 0 Å². The number of carbonyl (C=O) groups is 1. The highest BCUT2D eigenvalue weighted by Gasteiger charge is 2.06. The van der Waals surface area contributed by atoms with Gasteiger partial charge >= 0.3 is 5.97 Å². The number of carbonyl (C=O) groups excluding carboxylic acids is 1. The monoisotopic (exact) mass is 217 g/mol. The molecule has 0 spiro atoms. The number of hydrogen-bond acceptors (Lipinski definition) is 4. The van der Waals surface area contributed by atoms with Crippen LogP contribution in [0.2, 0.25) is 0 Å². The first-order chi connectivity index (χ1) is 7.06. The summed E-state index contributed by atoms with van der Waals surface area (Å²) in [5.41, 5.74) is 5.44. The van der Waals surface area contributed by atoms with E-state index in [0.717, 1.165) is 6.42 Å². The molecule has 15 heavy (non-hydrogen) atoms. The van der Waals surface area contributed by atoms with Crippen LogP contribution in [-0.4, -0.2) is 31.8 Å². The summed E-state index contributed by atoms with van der Waals surface area (Å²) in [6.45, 7) is 7.35. The van der Waals surface area contributed by atoms with Crippen LogP contribution in [0.4, 0.5) is 0 Å². The van der Waals surface area contributed by atoms with Crippen molar-refractivity contribution in [1.82, 2.24) is 0 Å². The first-order valence-corrected chi connectivity index (χ1v) is 5.53. The normalized spacial score (nSPS) is 12.9. The quantitative estimate of drug-likeness (QED) is 0.492. The van der Waals surface area contributed by atoms with Gasteiger partial charge in [0.25, 0.3) is 0 Å². The maximum atomic E-state index is 11.2. The van der Waals surface area contributed by atoms with Crippen molar-refractivity contribution in [2.45, 2.75) is 39.7 Å². The molecule has 90 valence electrons. The molecule has 1 atom stereocenters. The third-order valence-corrected chi connectivity index (χ3v) is 2.04. The van der Waals surface area contributed by atoms with Crippen molar-refractivity contribution in [1.29, 1.82) is 0 Å². The van der Waals surface area contributed by atoms with E-state index in [-0.39, 0.29) is 12.1 Å². The Kier molecular flexibility index (Phi) is 8.33. The van der Waals surface area contributed by atoms with Gasteiger partial charge in [-0.25, -0.2) is 0 Å². The van der Waals surface area contributed by atoms with Crippen molar-refractivity contribution in [2.24, 2.45) is 11.7 Å². The minimum Gasteiger partial charge on any atom is -0.463 e. The highest BCUT2D eigenvalue weighted by Crippen LogP contribution is 2.04. The molecule has 0 aromatic heterocycles. The summed E-state index contributed by atoms with van der Waals surface area (Å²) in [6.07, 6.45) is 1.42. The van der Waals surface area contributed by atoms with Crippen LogP contribution < -0.4 is 5.73 Å². The molecule has 0 fully saturated rings. The van der Waals surface area contributed by atoms with Crippen LogP contribution in [0.25, 0.3) is 0 Å². The minimum atomic E-state index is -0.164. The highest BCUT2D eigenvalue weighted by molar-refractivity contribution is 5.69. The molecule has 0 aromatic rings. The molecule has 0 saturated heterocycles. The van der Waals surface area contributed by atoms with E-state index in [1.807, 2.05) is 20.8 Å². The number of ether oxygens (including phenoxy) is 2. The lowest BCUT2D eigenvalue weighted by Crippen LogP contribution is -2.16.